The third-order valence-corrected chi connectivity index (χ3v) is 4.06. The van der Waals surface area contributed by atoms with Gasteiger partial charge in [-0.3, -0.25) is 0 Å². The summed E-state index contributed by atoms with van der Waals surface area (Å²) in [6.45, 7) is 0. The van der Waals surface area contributed by atoms with Crippen LogP contribution in [0, 0.1) is 0 Å². The van der Waals surface area contributed by atoms with Crippen LogP contribution in [0.2, 0.25) is 10.0 Å². The topological polar surface area (TPSA) is 38.7 Å². The summed E-state index contributed by atoms with van der Waals surface area (Å²) < 4.78 is 6.13. The average molecular weight is 397 g/mol. The van der Waals surface area contributed by atoms with Crippen molar-refractivity contribution < 1.29 is 9.53 Å². The molecule has 0 N–H and O–H groups in total. The molecule has 1 aliphatic rings. The van der Waals surface area contributed by atoms with Gasteiger partial charge in [-0.1, -0.05) is 45.2 Å². The van der Waals surface area contributed by atoms with Crippen LogP contribution >= 0.6 is 39.1 Å². The van der Waals surface area contributed by atoms with Crippen molar-refractivity contribution in [3.63, 3.8) is 0 Å². The van der Waals surface area contributed by atoms with Crippen molar-refractivity contribution in [2.24, 2.45) is 4.99 Å². The van der Waals surface area contributed by atoms with E-state index < -0.39 is 5.97 Å². The highest BCUT2D eigenvalue weighted by molar-refractivity contribution is 9.10. The molecule has 0 unspecified atom stereocenters. The molecule has 3 rings (SSSR count). The van der Waals surface area contributed by atoms with Crippen LogP contribution < -0.4 is 0 Å². The number of hydrogen-bond acceptors (Lipinski definition) is 3. The summed E-state index contributed by atoms with van der Waals surface area (Å²) in [5, 5.41) is 0.972. The summed E-state index contributed by atoms with van der Waals surface area (Å²) in [4.78, 5) is 16.2. The van der Waals surface area contributed by atoms with Crippen LogP contribution in [-0.2, 0) is 9.53 Å². The minimum atomic E-state index is -0.510. The third kappa shape index (κ3) is 3.24. The molecule has 0 atom stereocenters. The number of ether oxygens (including phenoxy) is 1. The van der Waals surface area contributed by atoms with Crippen LogP contribution in [0.3, 0.4) is 0 Å². The molecule has 0 bridgehead atoms. The molecule has 110 valence electrons. The molecule has 3 nitrogen and oxygen atoms in total. The van der Waals surface area contributed by atoms with E-state index in [-0.39, 0.29) is 11.6 Å². The van der Waals surface area contributed by atoms with E-state index in [9.17, 15) is 4.79 Å². The molecule has 1 aliphatic heterocycles. The van der Waals surface area contributed by atoms with Gasteiger partial charge in [0, 0.05) is 20.1 Å². The Morgan fingerprint density at radius 2 is 1.82 bits per heavy atom. The van der Waals surface area contributed by atoms with E-state index in [0.717, 1.165) is 10.0 Å². The van der Waals surface area contributed by atoms with Gasteiger partial charge in [0.15, 0.2) is 5.70 Å². The molecule has 0 radical (unpaired) electrons. The molecular weight excluding hydrogens is 389 g/mol. The summed E-state index contributed by atoms with van der Waals surface area (Å²) in [5.74, 6) is -0.238. The first-order valence-electron chi connectivity index (χ1n) is 6.26. The van der Waals surface area contributed by atoms with Gasteiger partial charge in [-0.15, -0.1) is 0 Å². The zero-order valence-electron chi connectivity index (χ0n) is 11.0. The van der Waals surface area contributed by atoms with Crippen molar-refractivity contribution in [3.05, 3.63) is 73.8 Å². The average Bonchev–Trinajstić information content (AvgIpc) is 2.84. The molecule has 0 spiro atoms. The lowest BCUT2D eigenvalue weighted by Gasteiger charge is -1.99. The van der Waals surface area contributed by atoms with Gasteiger partial charge < -0.3 is 4.74 Å². The second-order valence-corrected chi connectivity index (χ2v) is 6.27. The van der Waals surface area contributed by atoms with Crippen LogP contribution in [0.25, 0.3) is 6.08 Å². The number of cyclic esters (lactones) is 1. The van der Waals surface area contributed by atoms with Gasteiger partial charge in [0.1, 0.15) is 0 Å². The highest BCUT2D eigenvalue weighted by Crippen LogP contribution is 2.26. The van der Waals surface area contributed by atoms with Gasteiger partial charge in [0.2, 0.25) is 5.90 Å². The fourth-order valence-corrected chi connectivity index (χ4v) is 2.62. The second kappa shape index (κ2) is 6.24. The van der Waals surface area contributed by atoms with Crippen molar-refractivity contribution in [1.82, 2.24) is 0 Å². The molecule has 0 saturated carbocycles. The fraction of sp³-hybridized carbons (Fsp3) is 0. The molecule has 0 aliphatic carbocycles. The van der Waals surface area contributed by atoms with E-state index in [1.165, 1.54) is 0 Å². The Balaban J connectivity index is 1.95. The number of nitrogens with zero attached hydrogens (tertiary/aromatic N) is 1. The number of halogens is 3. The Kier molecular flexibility index (Phi) is 4.34. The van der Waals surface area contributed by atoms with Gasteiger partial charge in [0.25, 0.3) is 0 Å². The van der Waals surface area contributed by atoms with Crippen molar-refractivity contribution in [2.45, 2.75) is 0 Å². The van der Waals surface area contributed by atoms with E-state index in [0.29, 0.717) is 15.6 Å². The number of benzene rings is 2. The summed E-state index contributed by atoms with van der Waals surface area (Å²) in [6.07, 6.45) is 1.58. The van der Waals surface area contributed by atoms with Gasteiger partial charge in [0.05, 0.1) is 0 Å². The predicted molar refractivity (Wildman–Crippen MR) is 91.2 cm³/mol. The predicted octanol–water partition coefficient (Wildman–Crippen LogP) is 5.10. The van der Waals surface area contributed by atoms with Crippen molar-refractivity contribution in [3.8, 4) is 0 Å². The first kappa shape index (κ1) is 15.3. The summed E-state index contributed by atoms with van der Waals surface area (Å²) in [7, 11) is 0. The lowest BCUT2D eigenvalue weighted by Crippen LogP contribution is -2.05. The molecule has 2 aromatic rings. The number of carbonyl (C=O) groups excluding carboxylic acids is 1. The van der Waals surface area contributed by atoms with Crippen LogP contribution in [0.5, 0.6) is 0 Å². The molecule has 6 heteroatoms. The Morgan fingerprint density at radius 3 is 2.50 bits per heavy atom. The van der Waals surface area contributed by atoms with Crippen molar-refractivity contribution >= 4 is 57.1 Å². The fourth-order valence-electron chi connectivity index (χ4n) is 1.89. The molecular formula is C16H8BrCl2NO2. The largest absolute Gasteiger partial charge is 0.402 e. The van der Waals surface area contributed by atoms with Crippen molar-refractivity contribution in [1.29, 1.82) is 0 Å². The first-order valence-corrected chi connectivity index (χ1v) is 7.81. The maximum absolute atomic E-state index is 11.9. The summed E-state index contributed by atoms with van der Waals surface area (Å²) in [5.41, 5.74) is 1.57. The maximum atomic E-state index is 11.9. The summed E-state index contributed by atoms with van der Waals surface area (Å²) in [6, 6.07) is 12.3. The highest BCUT2D eigenvalue weighted by Gasteiger charge is 2.24. The SMILES string of the molecule is O=C1OC(c2ccc(Br)cc2)=NC1=Cc1ccc(Cl)cc1Cl. The van der Waals surface area contributed by atoms with E-state index in [4.69, 9.17) is 27.9 Å². The lowest BCUT2D eigenvalue weighted by atomic mass is 10.2. The molecule has 0 fully saturated rings. The number of carbonyl (C=O) groups is 1. The molecule has 0 aromatic heterocycles. The molecule has 22 heavy (non-hydrogen) atoms. The molecule has 0 amide bonds. The third-order valence-electron chi connectivity index (χ3n) is 2.97. The quantitative estimate of drug-likeness (QED) is 0.523. The Morgan fingerprint density at radius 1 is 1.09 bits per heavy atom. The zero-order chi connectivity index (χ0) is 15.7. The van der Waals surface area contributed by atoms with Gasteiger partial charge >= 0.3 is 5.97 Å². The Labute approximate surface area is 145 Å². The summed E-state index contributed by atoms with van der Waals surface area (Å²) >= 11 is 15.3. The second-order valence-electron chi connectivity index (χ2n) is 4.51. The number of esters is 1. The molecule has 2 aromatic carbocycles. The maximum Gasteiger partial charge on any atom is 0.363 e. The van der Waals surface area contributed by atoms with E-state index >= 15 is 0 Å². The van der Waals surface area contributed by atoms with Crippen LogP contribution in [-0.4, -0.2) is 11.9 Å². The van der Waals surface area contributed by atoms with Gasteiger partial charge in [-0.05, 0) is 48.0 Å². The molecule has 0 saturated heterocycles. The van der Waals surface area contributed by atoms with Gasteiger partial charge in [-0.25, -0.2) is 9.79 Å². The lowest BCUT2D eigenvalue weighted by molar-refractivity contribution is -0.129. The normalized spacial score (nSPS) is 15.9. The van der Waals surface area contributed by atoms with Crippen LogP contribution in [0.15, 0.2) is 57.6 Å². The van der Waals surface area contributed by atoms with Crippen LogP contribution in [0.4, 0.5) is 0 Å². The zero-order valence-corrected chi connectivity index (χ0v) is 14.1. The van der Waals surface area contributed by atoms with Crippen LogP contribution in [0.1, 0.15) is 11.1 Å². The number of rotatable bonds is 2. The van der Waals surface area contributed by atoms with Crippen molar-refractivity contribution in [2.75, 3.05) is 0 Å². The standard InChI is InChI=1S/C16H8BrCl2NO2/c17-11-4-1-9(2-5-11)15-20-14(16(21)22-15)7-10-3-6-12(18)8-13(10)19/h1-8H. The minimum absolute atomic E-state index is 0.196. The smallest absolute Gasteiger partial charge is 0.363 e. The number of hydrogen-bond donors (Lipinski definition) is 0. The monoisotopic (exact) mass is 395 g/mol. The minimum Gasteiger partial charge on any atom is -0.402 e. The van der Waals surface area contributed by atoms with Gasteiger partial charge in [-0.2, -0.15) is 0 Å². The Hall–Kier alpha value is -1.62. The Bertz CT molecular complexity index is 813. The number of aliphatic imine (C=N–C) groups is 1. The highest BCUT2D eigenvalue weighted by atomic mass is 79.9. The first-order chi connectivity index (χ1) is 10.5. The van der Waals surface area contributed by atoms with E-state index in [2.05, 4.69) is 20.9 Å². The molecule has 1 heterocycles. The van der Waals surface area contributed by atoms with E-state index in [1.54, 1.807) is 24.3 Å². The van der Waals surface area contributed by atoms with E-state index in [1.807, 2.05) is 24.3 Å².